The largest absolute Gasteiger partial charge is 0.399 e. The number of aryl methyl sites for hydroxylation is 1. The Morgan fingerprint density at radius 1 is 1.21 bits per heavy atom. The fourth-order valence-corrected chi connectivity index (χ4v) is 2.01. The van der Waals surface area contributed by atoms with E-state index in [1.54, 1.807) is 24.3 Å². The van der Waals surface area contributed by atoms with E-state index in [2.05, 4.69) is 5.32 Å². The van der Waals surface area contributed by atoms with Crippen LogP contribution in [0.4, 0.5) is 11.4 Å². The van der Waals surface area contributed by atoms with E-state index in [0.29, 0.717) is 17.1 Å². The smallest absolute Gasteiger partial charge is 0.228 e. The lowest BCUT2D eigenvalue weighted by molar-refractivity contribution is -0.115. The fourth-order valence-electron chi connectivity index (χ4n) is 1.78. The number of carbonyl (C=O) groups is 1. The zero-order valence-corrected chi connectivity index (χ0v) is 11.4. The molecule has 0 aliphatic heterocycles. The second-order valence-corrected chi connectivity index (χ2v) is 4.86. The Morgan fingerprint density at radius 2 is 1.89 bits per heavy atom. The Hall–Kier alpha value is -2.00. The molecule has 0 radical (unpaired) electrons. The van der Waals surface area contributed by atoms with E-state index in [-0.39, 0.29) is 5.91 Å². The average molecular weight is 275 g/mol. The van der Waals surface area contributed by atoms with Gasteiger partial charge in [0.2, 0.25) is 5.91 Å². The highest BCUT2D eigenvalue weighted by Crippen LogP contribution is 2.19. The van der Waals surface area contributed by atoms with Gasteiger partial charge in [0.25, 0.3) is 0 Å². The minimum absolute atomic E-state index is 0.0600. The molecule has 19 heavy (non-hydrogen) atoms. The topological polar surface area (TPSA) is 55.1 Å². The van der Waals surface area contributed by atoms with E-state index in [4.69, 9.17) is 17.3 Å². The Labute approximate surface area is 117 Å². The molecule has 0 saturated heterocycles. The fraction of sp³-hybridized carbons (Fsp3) is 0.133. The number of amides is 1. The van der Waals surface area contributed by atoms with Crippen LogP contribution in [0.5, 0.6) is 0 Å². The van der Waals surface area contributed by atoms with Crippen molar-refractivity contribution in [3.63, 3.8) is 0 Å². The molecule has 98 valence electrons. The van der Waals surface area contributed by atoms with E-state index in [0.717, 1.165) is 16.8 Å². The Bertz CT molecular complexity index is 594. The summed E-state index contributed by atoms with van der Waals surface area (Å²) in [6.45, 7) is 1.91. The number of hydrogen-bond acceptors (Lipinski definition) is 2. The molecular formula is C15H15ClN2O. The molecule has 3 N–H and O–H groups in total. The number of nitrogen functional groups attached to an aromatic ring is 1. The Balaban J connectivity index is 2.03. The molecule has 0 atom stereocenters. The summed E-state index contributed by atoms with van der Waals surface area (Å²) < 4.78 is 0. The first-order chi connectivity index (χ1) is 9.04. The van der Waals surface area contributed by atoms with Crippen LogP contribution in [0, 0.1) is 6.92 Å². The van der Waals surface area contributed by atoms with E-state index < -0.39 is 0 Å². The number of anilines is 2. The lowest BCUT2D eigenvalue weighted by Gasteiger charge is -2.09. The summed E-state index contributed by atoms with van der Waals surface area (Å²) in [5.74, 6) is -0.0600. The molecule has 0 unspecified atom stereocenters. The third kappa shape index (κ3) is 3.73. The van der Waals surface area contributed by atoms with Crippen LogP contribution in [0.3, 0.4) is 0 Å². The molecule has 1 amide bonds. The summed E-state index contributed by atoms with van der Waals surface area (Å²) in [6, 6.07) is 12.7. The summed E-state index contributed by atoms with van der Waals surface area (Å²) >= 11 is 5.87. The maximum absolute atomic E-state index is 11.9. The SMILES string of the molecule is Cc1cc(Cl)ccc1NC(=O)Cc1ccc(N)cc1. The van der Waals surface area contributed by atoms with Crippen molar-refractivity contribution in [1.29, 1.82) is 0 Å². The second-order valence-electron chi connectivity index (χ2n) is 4.43. The van der Waals surface area contributed by atoms with Crippen LogP contribution in [0.1, 0.15) is 11.1 Å². The van der Waals surface area contributed by atoms with Crippen LogP contribution in [-0.2, 0) is 11.2 Å². The highest BCUT2D eigenvalue weighted by molar-refractivity contribution is 6.30. The maximum Gasteiger partial charge on any atom is 0.228 e. The van der Waals surface area contributed by atoms with Crippen LogP contribution in [0.25, 0.3) is 0 Å². The first kappa shape index (κ1) is 13.4. The molecule has 3 nitrogen and oxygen atoms in total. The molecule has 0 fully saturated rings. The highest BCUT2D eigenvalue weighted by atomic mass is 35.5. The number of halogens is 1. The predicted molar refractivity (Wildman–Crippen MR) is 79.4 cm³/mol. The van der Waals surface area contributed by atoms with Crippen molar-refractivity contribution in [3.8, 4) is 0 Å². The quantitative estimate of drug-likeness (QED) is 0.843. The van der Waals surface area contributed by atoms with E-state index in [1.165, 1.54) is 0 Å². The van der Waals surface area contributed by atoms with Gasteiger partial charge in [-0.05, 0) is 48.4 Å². The van der Waals surface area contributed by atoms with E-state index >= 15 is 0 Å². The summed E-state index contributed by atoms with van der Waals surface area (Å²) in [4.78, 5) is 11.9. The molecule has 0 aliphatic carbocycles. The standard InChI is InChI=1S/C15H15ClN2O/c1-10-8-12(16)4-7-14(10)18-15(19)9-11-2-5-13(17)6-3-11/h2-8H,9,17H2,1H3,(H,18,19). The zero-order valence-electron chi connectivity index (χ0n) is 10.6. The van der Waals surface area contributed by atoms with Crippen molar-refractivity contribution in [3.05, 3.63) is 58.6 Å². The minimum Gasteiger partial charge on any atom is -0.399 e. The molecular weight excluding hydrogens is 260 g/mol. The van der Waals surface area contributed by atoms with Gasteiger partial charge in [-0.1, -0.05) is 23.7 Å². The number of hydrogen-bond donors (Lipinski definition) is 2. The van der Waals surface area contributed by atoms with Gasteiger partial charge in [-0.15, -0.1) is 0 Å². The highest BCUT2D eigenvalue weighted by Gasteiger charge is 2.06. The third-order valence-electron chi connectivity index (χ3n) is 2.81. The van der Waals surface area contributed by atoms with Gasteiger partial charge in [0, 0.05) is 16.4 Å². The number of nitrogens with one attached hydrogen (secondary N) is 1. The lowest BCUT2D eigenvalue weighted by Crippen LogP contribution is -2.15. The molecule has 0 spiro atoms. The Kier molecular flexibility index (Phi) is 4.07. The molecule has 4 heteroatoms. The van der Waals surface area contributed by atoms with Crippen molar-refractivity contribution in [2.24, 2.45) is 0 Å². The number of benzene rings is 2. The van der Waals surface area contributed by atoms with Gasteiger partial charge in [0.05, 0.1) is 6.42 Å². The van der Waals surface area contributed by atoms with Crippen LogP contribution in [0.15, 0.2) is 42.5 Å². The average Bonchev–Trinajstić information content (AvgIpc) is 2.36. The van der Waals surface area contributed by atoms with Gasteiger partial charge >= 0.3 is 0 Å². The van der Waals surface area contributed by atoms with Crippen LogP contribution < -0.4 is 11.1 Å². The molecule has 0 saturated carbocycles. The first-order valence-corrected chi connectivity index (χ1v) is 6.33. The normalized spacial score (nSPS) is 10.2. The van der Waals surface area contributed by atoms with Gasteiger partial charge in [-0.3, -0.25) is 4.79 Å². The number of carbonyl (C=O) groups excluding carboxylic acids is 1. The third-order valence-corrected chi connectivity index (χ3v) is 3.04. The van der Waals surface area contributed by atoms with Crippen molar-refractivity contribution < 1.29 is 4.79 Å². The summed E-state index contributed by atoms with van der Waals surface area (Å²) in [5, 5.41) is 3.53. The Morgan fingerprint density at radius 3 is 2.53 bits per heavy atom. The molecule has 0 heterocycles. The molecule has 0 aromatic heterocycles. The summed E-state index contributed by atoms with van der Waals surface area (Å²) in [6.07, 6.45) is 0.322. The molecule has 2 aromatic carbocycles. The van der Waals surface area contributed by atoms with E-state index in [1.807, 2.05) is 25.1 Å². The van der Waals surface area contributed by atoms with Gasteiger partial charge in [-0.2, -0.15) is 0 Å². The van der Waals surface area contributed by atoms with Crippen molar-refractivity contribution >= 4 is 28.9 Å². The van der Waals surface area contributed by atoms with Gasteiger partial charge in [-0.25, -0.2) is 0 Å². The monoisotopic (exact) mass is 274 g/mol. The van der Waals surface area contributed by atoms with Gasteiger partial charge < -0.3 is 11.1 Å². The van der Waals surface area contributed by atoms with Crippen LogP contribution in [-0.4, -0.2) is 5.91 Å². The summed E-state index contributed by atoms with van der Waals surface area (Å²) in [7, 11) is 0. The van der Waals surface area contributed by atoms with Crippen LogP contribution >= 0.6 is 11.6 Å². The zero-order chi connectivity index (χ0) is 13.8. The van der Waals surface area contributed by atoms with Crippen molar-refractivity contribution in [2.45, 2.75) is 13.3 Å². The van der Waals surface area contributed by atoms with Crippen LogP contribution in [0.2, 0.25) is 5.02 Å². The second kappa shape index (κ2) is 5.76. The number of nitrogens with two attached hydrogens (primary N) is 1. The molecule has 0 aliphatic rings. The lowest BCUT2D eigenvalue weighted by atomic mass is 10.1. The molecule has 2 rings (SSSR count). The maximum atomic E-state index is 11.9. The van der Waals surface area contributed by atoms with Crippen molar-refractivity contribution in [1.82, 2.24) is 0 Å². The molecule has 0 bridgehead atoms. The molecule has 2 aromatic rings. The first-order valence-electron chi connectivity index (χ1n) is 5.95. The predicted octanol–water partition coefficient (Wildman–Crippen LogP) is 3.41. The number of rotatable bonds is 3. The minimum atomic E-state index is -0.0600. The van der Waals surface area contributed by atoms with Crippen molar-refractivity contribution in [2.75, 3.05) is 11.1 Å². The summed E-state index contributed by atoms with van der Waals surface area (Å²) in [5.41, 5.74) is 8.95. The van der Waals surface area contributed by atoms with Gasteiger partial charge in [0.15, 0.2) is 0 Å². The van der Waals surface area contributed by atoms with Gasteiger partial charge in [0.1, 0.15) is 0 Å². The van der Waals surface area contributed by atoms with E-state index in [9.17, 15) is 4.79 Å².